The molecule has 0 fully saturated rings. The van der Waals surface area contributed by atoms with Gasteiger partial charge in [0.2, 0.25) is 0 Å². The molecule has 88 valence electrons. The Hall–Kier alpha value is -0.980. The van der Waals surface area contributed by atoms with E-state index in [4.69, 9.17) is 10.5 Å². The molecule has 1 aliphatic rings. The van der Waals surface area contributed by atoms with Crippen LogP contribution in [0, 0.1) is 0 Å². The molecule has 1 aromatic rings. The first-order chi connectivity index (χ1) is 7.79. The van der Waals surface area contributed by atoms with Crippen LogP contribution >= 0.6 is 11.3 Å². The number of nitrogens with one attached hydrogen (secondary N) is 1. The fourth-order valence-electron chi connectivity index (χ4n) is 1.65. The van der Waals surface area contributed by atoms with Crippen molar-refractivity contribution in [1.29, 1.82) is 0 Å². The lowest BCUT2D eigenvalue weighted by Crippen LogP contribution is -2.20. The van der Waals surface area contributed by atoms with Gasteiger partial charge in [-0.2, -0.15) is 0 Å². The molecule has 0 aliphatic heterocycles. The quantitative estimate of drug-likeness (QED) is 0.738. The molecule has 0 unspecified atom stereocenters. The maximum atomic E-state index is 11.4. The molecule has 0 aromatic carbocycles. The summed E-state index contributed by atoms with van der Waals surface area (Å²) >= 11 is 1.57. The fraction of sp³-hybridized carbons (Fsp3) is 0.600. The van der Waals surface area contributed by atoms with Crippen molar-refractivity contribution in [2.75, 3.05) is 25.1 Å². The van der Waals surface area contributed by atoms with Crippen molar-refractivity contribution in [3.05, 3.63) is 10.6 Å². The van der Waals surface area contributed by atoms with E-state index in [-0.39, 0.29) is 12.5 Å². The average molecular weight is 241 g/mol. The third-order valence-electron chi connectivity index (χ3n) is 2.34. The van der Waals surface area contributed by atoms with Gasteiger partial charge in [-0.3, -0.25) is 10.1 Å². The summed E-state index contributed by atoms with van der Waals surface area (Å²) in [6.07, 6.45) is 3.31. The van der Waals surface area contributed by atoms with Crippen LogP contribution in [0.5, 0.6) is 0 Å². The van der Waals surface area contributed by atoms with Crippen molar-refractivity contribution in [2.45, 2.75) is 19.3 Å². The highest BCUT2D eigenvalue weighted by Gasteiger charge is 2.17. The van der Waals surface area contributed by atoms with Crippen LogP contribution in [-0.2, 0) is 22.4 Å². The summed E-state index contributed by atoms with van der Waals surface area (Å²) in [4.78, 5) is 17.1. The van der Waals surface area contributed by atoms with Gasteiger partial charge in [-0.05, 0) is 19.3 Å². The molecule has 6 heteroatoms. The zero-order valence-electron chi connectivity index (χ0n) is 8.99. The highest BCUT2D eigenvalue weighted by atomic mass is 32.1. The van der Waals surface area contributed by atoms with Crippen LogP contribution in [0.2, 0.25) is 0 Å². The molecule has 0 saturated carbocycles. The van der Waals surface area contributed by atoms with Crippen LogP contribution in [0.1, 0.15) is 17.0 Å². The van der Waals surface area contributed by atoms with Crippen LogP contribution < -0.4 is 11.1 Å². The molecule has 0 radical (unpaired) electrons. The Balaban J connectivity index is 1.82. The number of hydrogen-bond acceptors (Lipinski definition) is 5. The van der Waals surface area contributed by atoms with Gasteiger partial charge in [0.1, 0.15) is 6.61 Å². The van der Waals surface area contributed by atoms with E-state index in [0.29, 0.717) is 18.3 Å². The van der Waals surface area contributed by atoms with E-state index < -0.39 is 0 Å². The van der Waals surface area contributed by atoms with Crippen molar-refractivity contribution >= 4 is 22.4 Å². The molecule has 0 saturated heterocycles. The van der Waals surface area contributed by atoms with Crippen LogP contribution in [0.3, 0.4) is 0 Å². The first-order valence-electron chi connectivity index (χ1n) is 5.36. The van der Waals surface area contributed by atoms with Crippen LogP contribution in [0.15, 0.2) is 0 Å². The van der Waals surface area contributed by atoms with Gasteiger partial charge in [0.05, 0.1) is 12.3 Å². The Morgan fingerprint density at radius 2 is 2.44 bits per heavy atom. The van der Waals surface area contributed by atoms with E-state index in [1.165, 1.54) is 11.3 Å². The molecule has 5 nitrogen and oxygen atoms in total. The normalized spacial score (nSPS) is 13.8. The predicted octanol–water partition coefficient (Wildman–Crippen LogP) is 0.546. The van der Waals surface area contributed by atoms with Gasteiger partial charge in [0.25, 0.3) is 5.91 Å². The summed E-state index contributed by atoms with van der Waals surface area (Å²) in [5.41, 5.74) is 6.39. The third-order valence-corrected chi connectivity index (χ3v) is 3.41. The van der Waals surface area contributed by atoms with E-state index in [1.54, 1.807) is 11.3 Å². The lowest BCUT2D eigenvalue weighted by atomic mass is 10.4. The Morgan fingerprint density at radius 1 is 1.56 bits per heavy atom. The fourth-order valence-corrected chi connectivity index (χ4v) is 2.71. The van der Waals surface area contributed by atoms with Crippen molar-refractivity contribution in [1.82, 2.24) is 4.98 Å². The number of hydrogen-bond donors (Lipinski definition) is 2. The zero-order valence-corrected chi connectivity index (χ0v) is 9.81. The Bertz CT molecular complexity index is 357. The highest BCUT2D eigenvalue weighted by Crippen LogP contribution is 2.30. The maximum Gasteiger partial charge on any atom is 0.252 e. The minimum Gasteiger partial charge on any atom is -0.370 e. The first-order valence-corrected chi connectivity index (χ1v) is 6.17. The number of nitrogens with zero attached hydrogens (tertiary/aromatic N) is 1. The van der Waals surface area contributed by atoms with Gasteiger partial charge in [-0.15, -0.1) is 11.3 Å². The lowest BCUT2D eigenvalue weighted by Gasteiger charge is -2.02. The Labute approximate surface area is 98.0 Å². The highest BCUT2D eigenvalue weighted by molar-refractivity contribution is 7.15. The van der Waals surface area contributed by atoms with Crippen LogP contribution in [-0.4, -0.2) is 30.6 Å². The molecule has 0 atom stereocenters. The molecule has 1 aromatic heterocycles. The van der Waals surface area contributed by atoms with Gasteiger partial charge in [-0.25, -0.2) is 4.98 Å². The van der Waals surface area contributed by atoms with Crippen LogP contribution in [0.25, 0.3) is 0 Å². The summed E-state index contributed by atoms with van der Waals surface area (Å²) in [6.45, 7) is 0.877. The first kappa shape index (κ1) is 11.5. The van der Waals surface area contributed by atoms with E-state index in [1.807, 2.05) is 0 Å². The largest absolute Gasteiger partial charge is 0.370 e. The smallest absolute Gasteiger partial charge is 0.252 e. The molecule has 3 N–H and O–H groups in total. The zero-order chi connectivity index (χ0) is 11.4. The number of carbonyl (C=O) groups excluding carboxylic acids is 1. The number of thiazole rings is 1. The number of rotatable bonds is 5. The van der Waals surface area contributed by atoms with E-state index >= 15 is 0 Å². The topological polar surface area (TPSA) is 77.2 Å². The molecular formula is C10H15N3O2S. The van der Waals surface area contributed by atoms with E-state index in [0.717, 1.165) is 18.5 Å². The molecule has 1 amide bonds. The number of anilines is 1. The standard InChI is InChI=1S/C10H15N3O2S/c11-4-5-15-6-9(14)13-10-12-7-2-1-3-8(7)16-10/h1-6,11H2,(H,12,13,14). The van der Waals surface area contributed by atoms with E-state index in [9.17, 15) is 4.79 Å². The van der Waals surface area contributed by atoms with Crippen molar-refractivity contribution in [2.24, 2.45) is 5.73 Å². The molecule has 1 aliphatic carbocycles. The Kier molecular flexibility index (Phi) is 3.87. The predicted molar refractivity (Wildman–Crippen MR) is 62.6 cm³/mol. The second kappa shape index (κ2) is 5.38. The summed E-state index contributed by atoms with van der Waals surface area (Å²) in [5.74, 6) is -0.166. The minimum absolute atomic E-state index is 0.0431. The second-order valence-corrected chi connectivity index (χ2v) is 4.72. The number of carbonyl (C=O) groups is 1. The number of fused-ring (bicyclic) bond motifs is 1. The number of amides is 1. The monoisotopic (exact) mass is 241 g/mol. The third kappa shape index (κ3) is 2.78. The molecular weight excluding hydrogens is 226 g/mol. The number of aryl methyl sites for hydroxylation is 2. The van der Waals surface area contributed by atoms with Crippen molar-refractivity contribution < 1.29 is 9.53 Å². The van der Waals surface area contributed by atoms with Crippen LogP contribution in [0.4, 0.5) is 5.13 Å². The lowest BCUT2D eigenvalue weighted by molar-refractivity contribution is -0.120. The second-order valence-electron chi connectivity index (χ2n) is 3.63. The van der Waals surface area contributed by atoms with Crippen molar-refractivity contribution in [3.8, 4) is 0 Å². The summed E-state index contributed by atoms with van der Waals surface area (Å²) in [7, 11) is 0. The molecule has 0 spiro atoms. The van der Waals surface area contributed by atoms with Gasteiger partial charge < -0.3 is 10.5 Å². The summed E-state index contributed by atoms with van der Waals surface area (Å²) in [6, 6.07) is 0. The average Bonchev–Trinajstić information content (AvgIpc) is 2.78. The van der Waals surface area contributed by atoms with Gasteiger partial charge in [0, 0.05) is 11.4 Å². The molecule has 2 rings (SSSR count). The maximum absolute atomic E-state index is 11.4. The van der Waals surface area contributed by atoms with Crippen molar-refractivity contribution in [3.63, 3.8) is 0 Å². The Morgan fingerprint density at radius 3 is 3.19 bits per heavy atom. The number of ether oxygens (including phenoxy) is 1. The molecule has 1 heterocycles. The van der Waals surface area contributed by atoms with E-state index in [2.05, 4.69) is 10.3 Å². The van der Waals surface area contributed by atoms with Gasteiger partial charge in [0.15, 0.2) is 5.13 Å². The summed E-state index contributed by atoms with van der Waals surface area (Å²) < 4.78 is 5.03. The minimum atomic E-state index is -0.166. The molecule has 0 bridgehead atoms. The van der Waals surface area contributed by atoms with Gasteiger partial charge in [-0.1, -0.05) is 0 Å². The SMILES string of the molecule is NCCOCC(=O)Nc1nc2c(s1)CCC2. The number of nitrogens with two attached hydrogens (primary N) is 1. The molecule has 16 heavy (non-hydrogen) atoms. The number of aromatic nitrogens is 1. The summed E-state index contributed by atoms with van der Waals surface area (Å²) in [5, 5.41) is 3.42. The van der Waals surface area contributed by atoms with Gasteiger partial charge >= 0.3 is 0 Å².